The lowest BCUT2D eigenvalue weighted by Crippen LogP contribution is -2.07. The van der Waals surface area contributed by atoms with Crippen LogP contribution in [-0.4, -0.2) is 16.8 Å². The van der Waals surface area contributed by atoms with E-state index in [1.807, 2.05) is 30.3 Å². The molecule has 0 unspecified atom stereocenters. The predicted molar refractivity (Wildman–Crippen MR) is 92.4 cm³/mol. The smallest absolute Gasteiger partial charge is 0.302 e. The van der Waals surface area contributed by atoms with Gasteiger partial charge >= 0.3 is 6.01 Å². The molecule has 3 rings (SSSR count). The Hall–Kier alpha value is -3.41. The number of fused-ring (bicyclic) bond motifs is 1. The van der Waals surface area contributed by atoms with Gasteiger partial charge in [0.15, 0.2) is 5.58 Å². The van der Waals surface area contributed by atoms with Crippen LogP contribution < -0.4 is 10.6 Å². The van der Waals surface area contributed by atoms with E-state index in [1.54, 1.807) is 24.3 Å². The number of aromatic nitrogens is 1. The number of nitrogens with one attached hydrogen (secondary N) is 2. The maximum Gasteiger partial charge on any atom is 0.302 e. The standard InChI is InChI=1S/C18H15N3O3/c1-12(22)19-14-8-9-15-16(11-14)24-18(20-15)21-17(23)10-7-13-5-3-2-4-6-13/h2-11H,1H3,(H,19,22)(H,20,21,23)/b10-7+. The number of hydrogen-bond donors (Lipinski definition) is 2. The lowest BCUT2D eigenvalue weighted by atomic mass is 10.2. The fraction of sp³-hybridized carbons (Fsp3) is 0.0556. The number of oxazole rings is 1. The van der Waals surface area contributed by atoms with Crippen molar-refractivity contribution in [2.75, 3.05) is 10.6 Å². The summed E-state index contributed by atoms with van der Waals surface area (Å²) in [5.41, 5.74) is 2.59. The van der Waals surface area contributed by atoms with E-state index in [-0.39, 0.29) is 17.8 Å². The Morgan fingerprint density at radius 3 is 2.62 bits per heavy atom. The van der Waals surface area contributed by atoms with E-state index >= 15 is 0 Å². The summed E-state index contributed by atoms with van der Waals surface area (Å²) < 4.78 is 5.48. The first-order chi connectivity index (χ1) is 11.6. The lowest BCUT2D eigenvalue weighted by Gasteiger charge is -1.99. The second kappa shape index (κ2) is 6.78. The van der Waals surface area contributed by atoms with Gasteiger partial charge < -0.3 is 9.73 Å². The molecule has 0 atom stereocenters. The Morgan fingerprint density at radius 2 is 1.88 bits per heavy atom. The highest BCUT2D eigenvalue weighted by atomic mass is 16.4. The van der Waals surface area contributed by atoms with Gasteiger partial charge in [-0.05, 0) is 23.8 Å². The van der Waals surface area contributed by atoms with E-state index < -0.39 is 0 Å². The van der Waals surface area contributed by atoms with E-state index in [2.05, 4.69) is 15.6 Å². The summed E-state index contributed by atoms with van der Waals surface area (Å²) in [6, 6.07) is 14.7. The predicted octanol–water partition coefficient (Wildman–Crippen LogP) is 3.44. The highest BCUT2D eigenvalue weighted by Crippen LogP contribution is 2.22. The largest absolute Gasteiger partial charge is 0.423 e. The zero-order chi connectivity index (χ0) is 16.9. The summed E-state index contributed by atoms with van der Waals surface area (Å²) in [7, 11) is 0. The molecule has 0 saturated carbocycles. The number of rotatable bonds is 4. The van der Waals surface area contributed by atoms with Crippen LogP contribution >= 0.6 is 0 Å². The Labute approximate surface area is 138 Å². The third-order valence-corrected chi connectivity index (χ3v) is 3.17. The van der Waals surface area contributed by atoms with Gasteiger partial charge in [0.1, 0.15) is 5.52 Å². The Bertz CT molecular complexity index is 914. The highest BCUT2D eigenvalue weighted by molar-refractivity contribution is 6.01. The third kappa shape index (κ3) is 3.86. The van der Waals surface area contributed by atoms with Crippen molar-refractivity contribution < 1.29 is 14.0 Å². The molecule has 0 radical (unpaired) electrons. The number of benzene rings is 2. The van der Waals surface area contributed by atoms with Crippen LogP contribution in [0.4, 0.5) is 11.7 Å². The molecule has 120 valence electrons. The molecule has 3 aromatic rings. The summed E-state index contributed by atoms with van der Waals surface area (Å²) in [6.45, 7) is 1.43. The van der Waals surface area contributed by atoms with Gasteiger partial charge in [0.2, 0.25) is 5.91 Å². The molecule has 0 aliphatic carbocycles. The molecule has 6 heteroatoms. The fourth-order valence-corrected chi connectivity index (χ4v) is 2.14. The second-order valence-corrected chi connectivity index (χ2v) is 5.12. The van der Waals surface area contributed by atoms with Crippen molar-refractivity contribution in [3.05, 3.63) is 60.2 Å². The fourth-order valence-electron chi connectivity index (χ4n) is 2.14. The van der Waals surface area contributed by atoms with Crippen LogP contribution in [-0.2, 0) is 9.59 Å². The van der Waals surface area contributed by atoms with Gasteiger partial charge in [-0.2, -0.15) is 4.98 Å². The van der Waals surface area contributed by atoms with Gasteiger partial charge in [0.05, 0.1) is 0 Å². The molecule has 2 amide bonds. The van der Waals surface area contributed by atoms with Crippen LogP contribution in [0.1, 0.15) is 12.5 Å². The van der Waals surface area contributed by atoms with Gasteiger partial charge in [-0.25, -0.2) is 0 Å². The van der Waals surface area contributed by atoms with Crippen LogP contribution in [0, 0.1) is 0 Å². The van der Waals surface area contributed by atoms with Gasteiger partial charge in [-0.15, -0.1) is 0 Å². The topological polar surface area (TPSA) is 84.2 Å². The average molecular weight is 321 g/mol. The van der Waals surface area contributed by atoms with E-state index in [9.17, 15) is 9.59 Å². The SMILES string of the molecule is CC(=O)Nc1ccc2nc(NC(=O)/C=C/c3ccccc3)oc2c1. The number of nitrogens with zero attached hydrogens (tertiary/aromatic N) is 1. The minimum Gasteiger partial charge on any atom is -0.423 e. The number of carbonyl (C=O) groups is 2. The van der Waals surface area contributed by atoms with E-state index in [0.29, 0.717) is 16.8 Å². The van der Waals surface area contributed by atoms with Crippen molar-refractivity contribution in [2.45, 2.75) is 6.92 Å². The first-order valence-electron chi connectivity index (χ1n) is 7.32. The quantitative estimate of drug-likeness (QED) is 0.721. The maximum absolute atomic E-state index is 11.9. The third-order valence-electron chi connectivity index (χ3n) is 3.17. The number of amides is 2. The molecule has 1 aromatic heterocycles. The molecule has 2 N–H and O–H groups in total. The van der Waals surface area contributed by atoms with Crippen molar-refractivity contribution in [3.8, 4) is 0 Å². The zero-order valence-electron chi connectivity index (χ0n) is 12.9. The normalized spacial score (nSPS) is 10.9. The molecule has 0 saturated heterocycles. The summed E-state index contributed by atoms with van der Waals surface area (Å²) >= 11 is 0. The molecule has 0 bridgehead atoms. The number of carbonyl (C=O) groups excluding carboxylic acids is 2. The monoisotopic (exact) mass is 321 g/mol. The molecule has 0 aliphatic heterocycles. The van der Waals surface area contributed by atoms with E-state index in [0.717, 1.165) is 5.56 Å². The molecule has 0 aliphatic rings. The minimum absolute atomic E-state index is 0.104. The van der Waals surface area contributed by atoms with Crippen LogP contribution in [0.25, 0.3) is 17.2 Å². The first kappa shape index (κ1) is 15.5. The molecule has 0 spiro atoms. The average Bonchev–Trinajstić information content (AvgIpc) is 2.94. The van der Waals surface area contributed by atoms with Gasteiger partial charge in [-0.1, -0.05) is 30.3 Å². The summed E-state index contributed by atoms with van der Waals surface area (Å²) in [5.74, 6) is -0.513. The van der Waals surface area contributed by atoms with Crippen LogP contribution in [0.3, 0.4) is 0 Å². The van der Waals surface area contributed by atoms with Crippen molar-refractivity contribution in [1.82, 2.24) is 4.98 Å². The van der Waals surface area contributed by atoms with Crippen LogP contribution in [0.2, 0.25) is 0 Å². The Kier molecular flexibility index (Phi) is 4.38. The minimum atomic E-state index is -0.340. The number of hydrogen-bond acceptors (Lipinski definition) is 4. The molecule has 1 heterocycles. The first-order valence-corrected chi connectivity index (χ1v) is 7.32. The Morgan fingerprint density at radius 1 is 1.08 bits per heavy atom. The summed E-state index contributed by atoms with van der Waals surface area (Å²) in [5, 5.41) is 5.23. The molecule has 24 heavy (non-hydrogen) atoms. The molecule has 2 aromatic carbocycles. The maximum atomic E-state index is 11.9. The summed E-state index contributed by atoms with van der Waals surface area (Å²) in [6.07, 6.45) is 3.11. The lowest BCUT2D eigenvalue weighted by molar-refractivity contribution is -0.114. The van der Waals surface area contributed by atoms with Gasteiger partial charge in [0.25, 0.3) is 5.91 Å². The van der Waals surface area contributed by atoms with Crippen LogP contribution in [0.5, 0.6) is 0 Å². The molecular weight excluding hydrogens is 306 g/mol. The molecular formula is C18H15N3O3. The van der Waals surface area contributed by atoms with Gasteiger partial charge in [-0.3, -0.25) is 14.9 Å². The van der Waals surface area contributed by atoms with Crippen molar-refractivity contribution >= 4 is 40.7 Å². The van der Waals surface area contributed by atoms with Crippen molar-refractivity contribution in [3.63, 3.8) is 0 Å². The number of anilines is 2. The highest BCUT2D eigenvalue weighted by Gasteiger charge is 2.09. The Balaban J connectivity index is 1.71. The van der Waals surface area contributed by atoms with E-state index in [4.69, 9.17) is 4.42 Å². The second-order valence-electron chi connectivity index (χ2n) is 5.12. The van der Waals surface area contributed by atoms with Crippen LogP contribution in [0.15, 0.2) is 59.0 Å². The van der Waals surface area contributed by atoms with Gasteiger partial charge in [0, 0.05) is 24.8 Å². The van der Waals surface area contributed by atoms with E-state index in [1.165, 1.54) is 13.0 Å². The van der Waals surface area contributed by atoms with Crippen molar-refractivity contribution in [1.29, 1.82) is 0 Å². The molecule has 0 fully saturated rings. The molecule has 6 nitrogen and oxygen atoms in total. The van der Waals surface area contributed by atoms with Crippen molar-refractivity contribution in [2.24, 2.45) is 0 Å². The summed E-state index contributed by atoms with van der Waals surface area (Å²) in [4.78, 5) is 27.2. The zero-order valence-corrected chi connectivity index (χ0v) is 12.9.